The molecule has 1 amide bonds. The third kappa shape index (κ3) is 3.92. The molecule has 0 aliphatic heterocycles. The van der Waals surface area contributed by atoms with E-state index in [0.717, 1.165) is 10.2 Å². The molecular weight excluding hydrogens is 362 g/mol. The van der Waals surface area contributed by atoms with Crippen LogP contribution in [0.15, 0.2) is 57.6 Å². The fourth-order valence-corrected chi connectivity index (χ4v) is 2.28. The Labute approximate surface area is 140 Å². The van der Waals surface area contributed by atoms with E-state index in [1.165, 1.54) is 6.08 Å². The molecule has 0 aliphatic rings. The Morgan fingerprint density at radius 2 is 2.26 bits per heavy atom. The lowest BCUT2D eigenvalue weighted by Crippen LogP contribution is -2.22. The molecule has 116 valence electrons. The van der Waals surface area contributed by atoms with Gasteiger partial charge in [-0.05, 0) is 46.8 Å². The SMILES string of the molecule is O=C(/C=C/c1ccco1)NCc1nnnn1-c1cccc(Br)c1. The molecule has 0 saturated carbocycles. The Bertz CT molecular complexity index is 826. The van der Waals surface area contributed by atoms with E-state index in [1.54, 1.807) is 29.2 Å². The molecular formula is C15H12BrN5O2. The summed E-state index contributed by atoms with van der Waals surface area (Å²) < 4.78 is 7.60. The highest BCUT2D eigenvalue weighted by Gasteiger charge is 2.09. The van der Waals surface area contributed by atoms with Crippen LogP contribution in [0.5, 0.6) is 0 Å². The summed E-state index contributed by atoms with van der Waals surface area (Å²) in [4.78, 5) is 11.8. The molecule has 8 heteroatoms. The van der Waals surface area contributed by atoms with Gasteiger partial charge in [0.25, 0.3) is 0 Å². The summed E-state index contributed by atoms with van der Waals surface area (Å²) in [6.07, 6.45) is 4.53. The maximum Gasteiger partial charge on any atom is 0.244 e. The summed E-state index contributed by atoms with van der Waals surface area (Å²) in [5.74, 6) is 0.882. The zero-order chi connectivity index (χ0) is 16.1. The van der Waals surface area contributed by atoms with Crippen LogP contribution < -0.4 is 5.32 Å². The molecule has 2 heterocycles. The number of nitrogens with zero attached hydrogens (tertiary/aromatic N) is 4. The van der Waals surface area contributed by atoms with Crippen molar-refractivity contribution in [2.75, 3.05) is 0 Å². The molecule has 0 unspecified atom stereocenters. The Morgan fingerprint density at radius 1 is 1.35 bits per heavy atom. The molecule has 1 aromatic carbocycles. The highest BCUT2D eigenvalue weighted by molar-refractivity contribution is 9.10. The Kier molecular flexibility index (Phi) is 4.62. The lowest BCUT2D eigenvalue weighted by molar-refractivity contribution is -0.116. The fraction of sp³-hybridized carbons (Fsp3) is 0.0667. The minimum atomic E-state index is -0.259. The van der Waals surface area contributed by atoms with Gasteiger partial charge in [-0.25, -0.2) is 0 Å². The van der Waals surface area contributed by atoms with E-state index in [9.17, 15) is 4.79 Å². The van der Waals surface area contributed by atoms with Gasteiger partial charge >= 0.3 is 0 Å². The number of hydrogen-bond donors (Lipinski definition) is 1. The summed E-state index contributed by atoms with van der Waals surface area (Å²) in [6.45, 7) is 0.209. The van der Waals surface area contributed by atoms with Crippen molar-refractivity contribution in [2.45, 2.75) is 6.54 Å². The Balaban J connectivity index is 1.65. The van der Waals surface area contributed by atoms with E-state index in [1.807, 2.05) is 24.3 Å². The van der Waals surface area contributed by atoms with E-state index in [-0.39, 0.29) is 12.5 Å². The van der Waals surface area contributed by atoms with E-state index >= 15 is 0 Å². The van der Waals surface area contributed by atoms with Gasteiger partial charge in [0, 0.05) is 10.5 Å². The first-order valence-corrected chi connectivity index (χ1v) is 7.54. The van der Waals surface area contributed by atoms with Crippen molar-refractivity contribution >= 4 is 27.9 Å². The van der Waals surface area contributed by atoms with Crippen LogP contribution in [0.25, 0.3) is 11.8 Å². The molecule has 0 saturated heterocycles. The number of carbonyl (C=O) groups is 1. The predicted molar refractivity (Wildman–Crippen MR) is 86.4 cm³/mol. The largest absolute Gasteiger partial charge is 0.465 e. The summed E-state index contributed by atoms with van der Waals surface area (Å²) in [5, 5.41) is 14.3. The Hall–Kier alpha value is -2.74. The van der Waals surface area contributed by atoms with Crippen LogP contribution in [0.4, 0.5) is 0 Å². The summed E-state index contributed by atoms with van der Waals surface area (Å²) in [6, 6.07) is 11.1. The number of furan rings is 1. The predicted octanol–water partition coefficient (Wildman–Crippen LogP) is 2.35. The van der Waals surface area contributed by atoms with Crippen molar-refractivity contribution in [1.29, 1.82) is 0 Å². The number of carbonyl (C=O) groups excluding carboxylic acids is 1. The minimum Gasteiger partial charge on any atom is -0.465 e. The number of benzene rings is 1. The zero-order valence-electron chi connectivity index (χ0n) is 11.9. The monoisotopic (exact) mass is 373 g/mol. The first-order valence-electron chi connectivity index (χ1n) is 6.75. The van der Waals surface area contributed by atoms with Crippen LogP contribution in [0.2, 0.25) is 0 Å². The molecule has 7 nitrogen and oxygen atoms in total. The molecule has 3 rings (SSSR count). The highest BCUT2D eigenvalue weighted by Crippen LogP contribution is 2.15. The molecule has 0 bridgehead atoms. The van der Waals surface area contributed by atoms with Gasteiger partial charge in [0.05, 0.1) is 18.5 Å². The molecule has 0 fully saturated rings. The fourth-order valence-electron chi connectivity index (χ4n) is 1.89. The first kappa shape index (κ1) is 15.2. The lowest BCUT2D eigenvalue weighted by Gasteiger charge is -2.05. The maximum atomic E-state index is 11.8. The summed E-state index contributed by atoms with van der Waals surface area (Å²) in [5.41, 5.74) is 0.805. The third-order valence-corrected chi connectivity index (χ3v) is 3.44. The Morgan fingerprint density at radius 3 is 3.04 bits per heavy atom. The molecule has 0 aliphatic carbocycles. The molecule has 0 radical (unpaired) electrons. The summed E-state index contributed by atoms with van der Waals surface area (Å²) >= 11 is 3.40. The van der Waals surface area contributed by atoms with Crippen LogP contribution in [0, 0.1) is 0 Å². The van der Waals surface area contributed by atoms with Crippen molar-refractivity contribution < 1.29 is 9.21 Å². The van der Waals surface area contributed by atoms with Gasteiger partial charge in [-0.15, -0.1) is 5.10 Å². The van der Waals surface area contributed by atoms with Crippen LogP contribution in [-0.2, 0) is 11.3 Å². The van der Waals surface area contributed by atoms with E-state index < -0.39 is 0 Å². The number of nitrogens with one attached hydrogen (secondary N) is 1. The van der Waals surface area contributed by atoms with E-state index in [4.69, 9.17) is 4.42 Å². The highest BCUT2D eigenvalue weighted by atomic mass is 79.9. The first-order chi connectivity index (χ1) is 11.2. The smallest absolute Gasteiger partial charge is 0.244 e. The van der Waals surface area contributed by atoms with Crippen molar-refractivity contribution in [3.63, 3.8) is 0 Å². The van der Waals surface area contributed by atoms with Crippen molar-refractivity contribution in [3.05, 3.63) is 64.8 Å². The van der Waals surface area contributed by atoms with Gasteiger partial charge in [0.15, 0.2) is 5.82 Å². The van der Waals surface area contributed by atoms with Crippen molar-refractivity contribution in [1.82, 2.24) is 25.5 Å². The van der Waals surface area contributed by atoms with Crippen LogP contribution in [-0.4, -0.2) is 26.1 Å². The number of aromatic nitrogens is 4. The lowest BCUT2D eigenvalue weighted by atomic mass is 10.3. The average molecular weight is 374 g/mol. The van der Waals surface area contributed by atoms with Gasteiger partial charge in [-0.2, -0.15) is 4.68 Å². The number of hydrogen-bond acceptors (Lipinski definition) is 5. The van der Waals surface area contributed by atoms with Crippen LogP contribution in [0.3, 0.4) is 0 Å². The van der Waals surface area contributed by atoms with Crippen LogP contribution in [0.1, 0.15) is 11.6 Å². The average Bonchev–Trinajstić information content (AvgIpc) is 3.22. The number of rotatable bonds is 5. The van der Waals surface area contributed by atoms with Gasteiger partial charge in [0.1, 0.15) is 5.76 Å². The molecule has 1 N–H and O–H groups in total. The minimum absolute atomic E-state index is 0.209. The van der Waals surface area contributed by atoms with Crippen LogP contribution >= 0.6 is 15.9 Å². The number of tetrazole rings is 1. The topological polar surface area (TPSA) is 85.8 Å². The zero-order valence-corrected chi connectivity index (χ0v) is 13.5. The third-order valence-electron chi connectivity index (χ3n) is 2.95. The molecule has 0 spiro atoms. The number of halogens is 1. The quantitative estimate of drug-likeness (QED) is 0.693. The maximum absolute atomic E-state index is 11.8. The summed E-state index contributed by atoms with van der Waals surface area (Å²) in [7, 11) is 0. The van der Waals surface area contributed by atoms with Gasteiger partial charge in [-0.3, -0.25) is 4.79 Å². The van der Waals surface area contributed by atoms with Gasteiger partial charge in [-0.1, -0.05) is 22.0 Å². The second-order valence-corrected chi connectivity index (χ2v) is 5.47. The molecule has 2 aromatic heterocycles. The molecule has 3 aromatic rings. The normalized spacial score (nSPS) is 11.0. The molecule has 0 atom stereocenters. The second kappa shape index (κ2) is 7.01. The van der Waals surface area contributed by atoms with E-state index in [2.05, 4.69) is 36.8 Å². The van der Waals surface area contributed by atoms with Gasteiger partial charge < -0.3 is 9.73 Å². The number of amides is 1. The standard InChI is InChI=1S/C15H12BrN5O2/c16-11-3-1-4-12(9-11)21-14(18-19-20-21)10-17-15(22)7-6-13-5-2-8-23-13/h1-9H,10H2,(H,17,22)/b7-6+. The van der Waals surface area contributed by atoms with Gasteiger partial charge in [0.2, 0.25) is 5.91 Å². The van der Waals surface area contributed by atoms with Crippen molar-refractivity contribution in [2.24, 2.45) is 0 Å². The van der Waals surface area contributed by atoms with Crippen molar-refractivity contribution in [3.8, 4) is 5.69 Å². The van der Waals surface area contributed by atoms with E-state index in [0.29, 0.717) is 11.6 Å². The molecule has 23 heavy (non-hydrogen) atoms. The second-order valence-electron chi connectivity index (χ2n) is 4.55.